The zero-order valence-electron chi connectivity index (χ0n) is 24.2. The number of hydrogen-bond donors (Lipinski definition) is 4. The summed E-state index contributed by atoms with van der Waals surface area (Å²) in [5.74, 6) is 0.274. The van der Waals surface area contributed by atoms with E-state index in [-0.39, 0.29) is 21.1 Å². The molecule has 8 heteroatoms. The standard InChI is InChI=1S/C28H58N4O4/c1-31(2,35)25-19-23-29-27(33)21-17-15-13-11-9-7-5-6-8-10-12-14-16-18-22-28(34)30-24-20-26-32(3,4)36/h35-36H,5-26H2,1-4H3/p+2. The normalized spacial score (nSPS) is 12.1. The maximum atomic E-state index is 11.8. The van der Waals surface area contributed by atoms with Crippen molar-refractivity contribution in [2.24, 2.45) is 0 Å². The average Bonchev–Trinajstić information content (AvgIpc) is 2.78. The Balaban J connectivity index is 3.26. The van der Waals surface area contributed by atoms with E-state index in [0.717, 1.165) is 38.5 Å². The molecule has 0 rings (SSSR count). The van der Waals surface area contributed by atoms with Crippen molar-refractivity contribution in [1.82, 2.24) is 10.6 Å². The first kappa shape index (κ1) is 34.8. The molecule has 0 fully saturated rings. The Hall–Kier alpha value is -1.22. The molecule has 0 bridgehead atoms. The van der Waals surface area contributed by atoms with Gasteiger partial charge >= 0.3 is 0 Å². The van der Waals surface area contributed by atoms with Crippen LogP contribution in [-0.4, -0.2) is 85.9 Å². The molecule has 0 unspecified atom stereocenters. The average molecular weight is 517 g/mol. The van der Waals surface area contributed by atoms with E-state index in [1.807, 2.05) is 0 Å². The van der Waals surface area contributed by atoms with E-state index < -0.39 is 0 Å². The third-order valence-electron chi connectivity index (χ3n) is 6.47. The van der Waals surface area contributed by atoms with Crippen LogP contribution < -0.4 is 10.6 Å². The molecule has 0 radical (unpaired) electrons. The smallest absolute Gasteiger partial charge is 0.219 e. The molecule has 0 saturated carbocycles. The number of rotatable bonds is 25. The van der Waals surface area contributed by atoms with Crippen LogP contribution in [0.5, 0.6) is 0 Å². The summed E-state index contributed by atoms with van der Waals surface area (Å²) in [6, 6.07) is 0. The minimum atomic E-state index is -0.0500. The van der Waals surface area contributed by atoms with Gasteiger partial charge in [-0.15, -0.1) is 0 Å². The number of nitrogens with one attached hydrogen (secondary N) is 2. The van der Waals surface area contributed by atoms with Gasteiger partial charge in [0.2, 0.25) is 11.8 Å². The van der Waals surface area contributed by atoms with E-state index in [4.69, 9.17) is 0 Å². The lowest BCUT2D eigenvalue weighted by atomic mass is 10.0. The van der Waals surface area contributed by atoms with Crippen molar-refractivity contribution < 1.29 is 29.3 Å². The fraction of sp³-hybridized carbons (Fsp3) is 0.929. The highest BCUT2D eigenvalue weighted by molar-refractivity contribution is 5.76. The van der Waals surface area contributed by atoms with E-state index in [1.165, 1.54) is 64.2 Å². The number of hydrogen-bond acceptors (Lipinski definition) is 4. The molecule has 0 spiro atoms. The van der Waals surface area contributed by atoms with Gasteiger partial charge in [0, 0.05) is 38.8 Å². The van der Waals surface area contributed by atoms with Crippen LogP contribution in [0.2, 0.25) is 0 Å². The van der Waals surface area contributed by atoms with E-state index in [0.29, 0.717) is 39.0 Å². The van der Waals surface area contributed by atoms with Crippen molar-refractivity contribution in [3.05, 3.63) is 0 Å². The Morgan fingerprint density at radius 2 is 0.722 bits per heavy atom. The lowest BCUT2D eigenvalue weighted by Crippen LogP contribution is -2.38. The maximum absolute atomic E-state index is 11.8. The molecule has 0 aliphatic carbocycles. The van der Waals surface area contributed by atoms with Crippen LogP contribution in [0, 0.1) is 0 Å². The van der Waals surface area contributed by atoms with Gasteiger partial charge in [0.05, 0.1) is 28.2 Å². The molecule has 214 valence electrons. The fourth-order valence-electron chi connectivity index (χ4n) is 4.26. The van der Waals surface area contributed by atoms with Crippen molar-refractivity contribution in [2.45, 2.75) is 116 Å². The van der Waals surface area contributed by atoms with Gasteiger partial charge in [-0.1, -0.05) is 77.0 Å². The van der Waals surface area contributed by atoms with Crippen LogP contribution in [0.3, 0.4) is 0 Å². The Morgan fingerprint density at radius 3 is 0.972 bits per heavy atom. The summed E-state index contributed by atoms with van der Waals surface area (Å²) in [7, 11) is 6.95. The Morgan fingerprint density at radius 1 is 0.472 bits per heavy atom. The van der Waals surface area contributed by atoms with Gasteiger partial charge < -0.3 is 10.6 Å². The van der Waals surface area contributed by atoms with Gasteiger partial charge in [-0.25, -0.2) is 10.4 Å². The van der Waals surface area contributed by atoms with E-state index in [9.17, 15) is 20.0 Å². The zero-order chi connectivity index (χ0) is 27.1. The number of hydroxylamine groups is 6. The second-order valence-electron chi connectivity index (χ2n) is 11.5. The lowest BCUT2D eigenvalue weighted by Gasteiger charge is -2.19. The Bertz CT molecular complexity index is 497. The third kappa shape index (κ3) is 29.0. The molecule has 8 nitrogen and oxygen atoms in total. The van der Waals surface area contributed by atoms with Crippen molar-refractivity contribution in [1.29, 1.82) is 0 Å². The summed E-state index contributed by atoms with van der Waals surface area (Å²) in [6.07, 6.45) is 20.0. The van der Waals surface area contributed by atoms with Crippen LogP contribution in [0.1, 0.15) is 116 Å². The monoisotopic (exact) mass is 516 g/mol. The minimum absolute atomic E-state index is 0.0500. The number of carbonyl (C=O) groups excluding carboxylic acids is 2. The van der Waals surface area contributed by atoms with Gasteiger partial charge in [0.15, 0.2) is 0 Å². The predicted octanol–water partition coefficient (Wildman–Crippen LogP) is 5.17. The van der Waals surface area contributed by atoms with Crippen LogP contribution in [0.25, 0.3) is 0 Å². The molecule has 0 aromatic heterocycles. The highest BCUT2D eigenvalue weighted by atomic mass is 16.5. The quantitative estimate of drug-likeness (QED) is 0.0764. The summed E-state index contributed by atoms with van der Waals surface area (Å²) in [6.45, 7) is 2.58. The molecule has 36 heavy (non-hydrogen) atoms. The summed E-state index contributed by atoms with van der Waals surface area (Å²) in [5, 5.41) is 25.1. The zero-order valence-corrected chi connectivity index (χ0v) is 24.2. The third-order valence-corrected chi connectivity index (χ3v) is 6.47. The highest BCUT2D eigenvalue weighted by Gasteiger charge is 2.10. The molecule has 0 heterocycles. The summed E-state index contributed by atoms with van der Waals surface area (Å²) >= 11 is 0. The molecule has 0 aliphatic rings. The molecular weight excluding hydrogens is 456 g/mol. The Labute approximate surface area is 221 Å². The molecule has 0 aromatic rings. The molecule has 4 N–H and O–H groups in total. The van der Waals surface area contributed by atoms with Crippen LogP contribution in [0.4, 0.5) is 0 Å². The van der Waals surface area contributed by atoms with Crippen molar-refractivity contribution in [3.63, 3.8) is 0 Å². The number of quaternary nitrogens is 2. The van der Waals surface area contributed by atoms with Gasteiger partial charge in [-0.05, 0) is 12.8 Å². The van der Waals surface area contributed by atoms with Gasteiger partial charge in [0.1, 0.15) is 13.1 Å². The second kappa shape index (κ2) is 21.8. The van der Waals surface area contributed by atoms with Crippen LogP contribution in [0.15, 0.2) is 0 Å². The topological polar surface area (TPSA) is 98.7 Å². The molecule has 2 amide bonds. The Kier molecular flexibility index (Phi) is 21.1. The molecule has 0 aliphatic heterocycles. The van der Waals surface area contributed by atoms with Gasteiger partial charge in [0.25, 0.3) is 0 Å². The van der Waals surface area contributed by atoms with Crippen molar-refractivity contribution in [3.8, 4) is 0 Å². The van der Waals surface area contributed by atoms with E-state index in [1.54, 1.807) is 28.2 Å². The minimum Gasteiger partial charge on any atom is -0.356 e. The summed E-state index contributed by atoms with van der Waals surface area (Å²) < 4.78 is -0.100. The van der Waals surface area contributed by atoms with Crippen LogP contribution in [-0.2, 0) is 9.59 Å². The van der Waals surface area contributed by atoms with Crippen molar-refractivity contribution in [2.75, 3.05) is 54.4 Å². The summed E-state index contributed by atoms with van der Waals surface area (Å²) in [4.78, 5) is 23.6. The lowest BCUT2D eigenvalue weighted by molar-refractivity contribution is -1.07. The summed E-state index contributed by atoms with van der Waals surface area (Å²) in [5.41, 5.74) is 0. The molecule has 0 atom stereocenters. The SMILES string of the molecule is C[N+](C)(O)CCCNC(=O)CCCCCCCCCCCCCCCCC(=O)NCCC[N+](C)(C)O. The van der Waals surface area contributed by atoms with Crippen LogP contribution >= 0.6 is 0 Å². The maximum Gasteiger partial charge on any atom is 0.219 e. The van der Waals surface area contributed by atoms with E-state index in [2.05, 4.69) is 10.6 Å². The highest BCUT2D eigenvalue weighted by Crippen LogP contribution is 2.13. The number of nitrogens with zero attached hydrogens (tertiary/aromatic N) is 2. The first-order valence-electron chi connectivity index (χ1n) is 14.6. The fourth-order valence-corrected chi connectivity index (χ4v) is 4.26. The predicted molar refractivity (Wildman–Crippen MR) is 147 cm³/mol. The first-order valence-corrected chi connectivity index (χ1v) is 14.6. The van der Waals surface area contributed by atoms with Crippen molar-refractivity contribution >= 4 is 11.8 Å². The molecule has 0 aromatic carbocycles. The first-order chi connectivity index (χ1) is 17.0. The second-order valence-corrected chi connectivity index (χ2v) is 11.5. The largest absolute Gasteiger partial charge is 0.356 e. The van der Waals surface area contributed by atoms with Gasteiger partial charge in [-0.3, -0.25) is 9.59 Å². The molecular formula is C28H60N4O4+2. The van der Waals surface area contributed by atoms with E-state index >= 15 is 0 Å². The number of unbranched alkanes of at least 4 members (excludes halogenated alkanes) is 13. The van der Waals surface area contributed by atoms with Gasteiger partial charge in [-0.2, -0.15) is 9.29 Å². The number of carbonyl (C=O) groups is 2. The number of amides is 2. The molecule has 0 saturated heterocycles.